The van der Waals surface area contributed by atoms with E-state index in [-0.39, 0.29) is 18.0 Å². The number of anilines is 2. The van der Waals surface area contributed by atoms with Gasteiger partial charge in [-0.3, -0.25) is 10.1 Å². The fourth-order valence-corrected chi connectivity index (χ4v) is 2.73. The Kier molecular flexibility index (Phi) is 5.88. The summed E-state index contributed by atoms with van der Waals surface area (Å²) in [7, 11) is 0. The maximum absolute atomic E-state index is 10.8. The molecule has 9 heteroatoms. The largest absolute Gasteiger partial charge is 0.508 e. The summed E-state index contributed by atoms with van der Waals surface area (Å²) in [6.07, 6.45) is 3.26. The molecule has 3 rings (SSSR count). The normalized spacial score (nSPS) is 16.3. The first-order valence-electron chi connectivity index (χ1n) is 8.83. The lowest BCUT2D eigenvalue weighted by Gasteiger charge is -2.29. The summed E-state index contributed by atoms with van der Waals surface area (Å²) in [6.45, 7) is 1.47. The Morgan fingerprint density at radius 3 is 1.93 bits per heavy atom. The van der Waals surface area contributed by atoms with E-state index < -0.39 is 4.92 Å². The number of nitrogens with zero attached hydrogens (tertiary/aromatic N) is 1. The van der Waals surface area contributed by atoms with Gasteiger partial charge in [0.1, 0.15) is 23.1 Å². The minimum Gasteiger partial charge on any atom is -0.508 e. The molecule has 150 valence electrons. The third kappa shape index (κ3) is 5.19. The maximum Gasteiger partial charge on any atom is 0.224 e. The standard InChI is InChI=1S/C20H21N5O4/c1-2-17-18(9-10-25(28)29)24-20(22-14-6-4-8-16(27)12-14)19(23-17)21-13-5-3-7-15(26)11-13/h2-9,11-12,21-24,26-27H,10H2,1H3/b17-2+,18-9+. The molecule has 2 aromatic carbocycles. The van der Waals surface area contributed by atoms with Gasteiger partial charge in [-0.2, -0.15) is 0 Å². The molecule has 0 saturated carbocycles. The lowest BCUT2D eigenvalue weighted by atomic mass is 10.2. The average Bonchev–Trinajstić information content (AvgIpc) is 2.67. The molecule has 0 bridgehead atoms. The molecule has 1 aliphatic rings. The van der Waals surface area contributed by atoms with Crippen LogP contribution in [0.5, 0.6) is 11.5 Å². The van der Waals surface area contributed by atoms with Crippen molar-refractivity contribution in [2.75, 3.05) is 17.2 Å². The number of allylic oxidation sites excluding steroid dienone is 1. The van der Waals surface area contributed by atoms with Gasteiger partial charge in [0.2, 0.25) is 6.54 Å². The smallest absolute Gasteiger partial charge is 0.224 e. The number of rotatable bonds is 6. The van der Waals surface area contributed by atoms with Crippen molar-refractivity contribution in [3.05, 3.63) is 93.8 Å². The second kappa shape index (κ2) is 8.70. The first kappa shape index (κ1) is 19.6. The minimum atomic E-state index is -0.422. The van der Waals surface area contributed by atoms with Gasteiger partial charge < -0.3 is 31.5 Å². The zero-order valence-corrected chi connectivity index (χ0v) is 15.6. The highest BCUT2D eigenvalue weighted by atomic mass is 16.6. The third-order valence-corrected chi connectivity index (χ3v) is 4.02. The Hall–Kier alpha value is -4.14. The van der Waals surface area contributed by atoms with E-state index in [4.69, 9.17) is 0 Å². The minimum absolute atomic E-state index is 0.0973. The Bertz CT molecular complexity index is 1010. The predicted octanol–water partition coefficient (Wildman–Crippen LogP) is 3.01. The monoisotopic (exact) mass is 395 g/mol. The van der Waals surface area contributed by atoms with Crippen LogP contribution in [-0.4, -0.2) is 21.7 Å². The van der Waals surface area contributed by atoms with Crippen molar-refractivity contribution < 1.29 is 15.1 Å². The maximum atomic E-state index is 10.8. The van der Waals surface area contributed by atoms with Gasteiger partial charge in [0.25, 0.3) is 0 Å². The molecule has 6 N–H and O–H groups in total. The lowest BCUT2D eigenvalue weighted by molar-refractivity contribution is -0.468. The Morgan fingerprint density at radius 1 is 0.966 bits per heavy atom. The van der Waals surface area contributed by atoms with Gasteiger partial charge in [0.15, 0.2) is 0 Å². The molecule has 2 aromatic rings. The molecule has 0 unspecified atom stereocenters. The molecule has 29 heavy (non-hydrogen) atoms. The number of benzene rings is 2. The Morgan fingerprint density at radius 2 is 1.48 bits per heavy atom. The van der Waals surface area contributed by atoms with Crippen molar-refractivity contribution >= 4 is 11.4 Å². The number of hydrogen-bond donors (Lipinski definition) is 6. The van der Waals surface area contributed by atoms with E-state index in [9.17, 15) is 20.3 Å². The molecule has 0 saturated heterocycles. The van der Waals surface area contributed by atoms with Crippen LogP contribution in [-0.2, 0) is 0 Å². The number of nitrogens with one attached hydrogen (secondary N) is 4. The summed E-state index contributed by atoms with van der Waals surface area (Å²) in [4.78, 5) is 10.4. The highest BCUT2D eigenvalue weighted by Crippen LogP contribution is 2.24. The fraction of sp³-hybridized carbons (Fsp3) is 0.100. The van der Waals surface area contributed by atoms with Crippen LogP contribution in [0, 0.1) is 10.1 Å². The van der Waals surface area contributed by atoms with Crippen molar-refractivity contribution in [1.82, 2.24) is 10.6 Å². The zero-order valence-electron chi connectivity index (χ0n) is 15.6. The molecular formula is C20H21N5O4. The van der Waals surface area contributed by atoms with Crippen LogP contribution in [0.1, 0.15) is 6.92 Å². The van der Waals surface area contributed by atoms with E-state index in [0.717, 1.165) is 0 Å². The van der Waals surface area contributed by atoms with Crippen LogP contribution < -0.4 is 21.3 Å². The topological polar surface area (TPSA) is 132 Å². The van der Waals surface area contributed by atoms with Crippen LogP contribution in [0.2, 0.25) is 0 Å². The summed E-state index contributed by atoms with van der Waals surface area (Å²) in [5, 5.41) is 42.9. The van der Waals surface area contributed by atoms with Gasteiger partial charge in [-0.25, -0.2) is 0 Å². The van der Waals surface area contributed by atoms with Crippen LogP contribution in [0.4, 0.5) is 11.4 Å². The molecule has 0 aromatic heterocycles. The Labute approximate surface area is 167 Å². The quantitative estimate of drug-likeness (QED) is 0.325. The number of hydrogen-bond acceptors (Lipinski definition) is 8. The molecule has 1 aliphatic heterocycles. The fourth-order valence-electron chi connectivity index (χ4n) is 2.73. The van der Waals surface area contributed by atoms with Gasteiger partial charge in [0.05, 0.1) is 11.4 Å². The van der Waals surface area contributed by atoms with E-state index in [0.29, 0.717) is 34.4 Å². The summed E-state index contributed by atoms with van der Waals surface area (Å²) in [6, 6.07) is 13.2. The molecule has 0 aliphatic carbocycles. The highest BCUT2D eigenvalue weighted by Gasteiger charge is 2.20. The average molecular weight is 395 g/mol. The molecule has 0 spiro atoms. The molecular weight excluding hydrogens is 374 g/mol. The first-order valence-corrected chi connectivity index (χ1v) is 8.83. The molecule has 9 nitrogen and oxygen atoms in total. The van der Waals surface area contributed by atoms with Gasteiger partial charge in [-0.1, -0.05) is 18.2 Å². The van der Waals surface area contributed by atoms with Gasteiger partial charge in [-0.05, 0) is 31.2 Å². The van der Waals surface area contributed by atoms with Gasteiger partial charge in [0, 0.05) is 34.5 Å². The van der Waals surface area contributed by atoms with Crippen molar-refractivity contribution in [3.63, 3.8) is 0 Å². The summed E-state index contributed by atoms with van der Waals surface area (Å²) >= 11 is 0. The van der Waals surface area contributed by atoms with Crippen LogP contribution >= 0.6 is 0 Å². The predicted molar refractivity (Wildman–Crippen MR) is 110 cm³/mol. The van der Waals surface area contributed by atoms with Crippen LogP contribution in [0.15, 0.2) is 83.7 Å². The first-order chi connectivity index (χ1) is 13.9. The van der Waals surface area contributed by atoms with E-state index >= 15 is 0 Å². The van der Waals surface area contributed by atoms with E-state index in [1.807, 2.05) is 6.92 Å². The zero-order chi connectivity index (χ0) is 20.8. The number of nitro groups is 1. The second-order valence-corrected chi connectivity index (χ2v) is 6.19. The van der Waals surface area contributed by atoms with Crippen LogP contribution in [0.3, 0.4) is 0 Å². The Balaban J connectivity index is 1.98. The lowest BCUT2D eigenvalue weighted by Crippen LogP contribution is -2.38. The summed E-state index contributed by atoms with van der Waals surface area (Å²) in [5.41, 5.74) is 2.43. The molecule has 1 heterocycles. The van der Waals surface area contributed by atoms with Crippen molar-refractivity contribution in [2.24, 2.45) is 0 Å². The summed E-state index contributed by atoms with van der Waals surface area (Å²) in [5.74, 6) is 1.23. The molecule has 0 fully saturated rings. The van der Waals surface area contributed by atoms with E-state index in [1.165, 1.54) is 6.08 Å². The SMILES string of the molecule is C/C=C1/NC(Nc2cccc(O)c2)=C(Nc2cccc(O)c2)N/C1=C/C[N+](=O)[O-]. The van der Waals surface area contributed by atoms with Crippen LogP contribution in [0.25, 0.3) is 0 Å². The summed E-state index contributed by atoms with van der Waals surface area (Å²) < 4.78 is 0. The van der Waals surface area contributed by atoms with Crippen molar-refractivity contribution in [1.29, 1.82) is 0 Å². The molecule has 0 amide bonds. The highest BCUT2D eigenvalue weighted by molar-refractivity contribution is 5.59. The number of aromatic hydroxyl groups is 2. The van der Waals surface area contributed by atoms with Crippen molar-refractivity contribution in [3.8, 4) is 11.5 Å². The molecule has 0 radical (unpaired) electrons. The van der Waals surface area contributed by atoms with Crippen molar-refractivity contribution in [2.45, 2.75) is 6.92 Å². The third-order valence-electron chi connectivity index (χ3n) is 4.02. The van der Waals surface area contributed by atoms with E-state index in [1.54, 1.807) is 54.6 Å². The van der Waals surface area contributed by atoms with E-state index in [2.05, 4.69) is 21.3 Å². The number of phenolic OH excluding ortho intramolecular Hbond substituents is 2. The number of phenols is 2. The molecule has 0 atom stereocenters. The second-order valence-electron chi connectivity index (χ2n) is 6.19. The van der Waals surface area contributed by atoms with Gasteiger partial charge >= 0.3 is 0 Å². The van der Waals surface area contributed by atoms with Gasteiger partial charge in [-0.15, -0.1) is 0 Å².